The van der Waals surface area contributed by atoms with Crippen LogP contribution in [-0.4, -0.2) is 49.3 Å². The van der Waals surface area contributed by atoms with Crippen molar-refractivity contribution in [3.8, 4) is 5.75 Å². The Balaban J connectivity index is 1.29. The van der Waals surface area contributed by atoms with Crippen LogP contribution in [0.2, 0.25) is 0 Å². The third-order valence-electron chi connectivity index (χ3n) is 4.48. The van der Waals surface area contributed by atoms with Crippen molar-refractivity contribution in [3.63, 3.8) is 0 Å². The van der Waals surface area contributed by atoms with Crippen molar-refractivity contribution in [3.05, 3.63) is 29.8 Å². The Morgan fingerprint density at radius 1 is 1.17 bits per heavy atom. The number of likely N-dealkylation sites (tertiary alicyclic amines) is 1. The van der Waals surface area contributed by atoms with E-state index in [9.17, 15) is 13.6 Å². The van der Waals surface area contributed by atoms with Gasteiger partial charge in [-0.3, -0.25) is 0 Å². The molecule has 1 aliphatic carbocycles. The average Bonchev–Trinajstić information content (AvgIpc) is 3.40. The molecule has 0 unspecified atom stereocenters. The molecule has 1 aliphatic heterocycles. The summed E-state index contributed by atoms with van der Waals surface area (Å²) in [6, 6.07) is 4.14. The Morgan fingerprint density at radius 2 is 1.92 bits per heavy atom. The summed E-state index contributed by atoms with van der Waals surface area (Å²) in [6.45, 7) is 2.59. The number of hydrogen-bond donors (Lipinski definition) is 2. The smallest absolute Gasteiger partial charge is 0.315 e. The highest BCUT2D eigenvalue weighted by Gasteiger charge is 2.31. The Kier molecular flexibility index (Phi) is 5.50. The van der Waals surface area contributed by atoms with E-state index in [-0.39, 0.29) is 24.4 Å². The SMILES string of the molecule is O=C(NCCOc1ccc(F)c(F)c1)NC1CCN(C2CC2)CC1. The van der Waals surface area contributed by atoms with Gasteiger partial charge in [-0.2, -0.15) is 0 Å². The highest BCUT2D eigenvalue weighted by Crippen LogP contribution is 2.29. The molecule has 2 amide bonds. The van der Waals surface area contributed by atoms with Gasteiger partial charge in [-0.05, 0) is 37.8 Å². The third-order valence-corrected chi connectivity index (χ3v) is 4.48. The fourth-order valence-corrected chi connectivity index (χ4v) is 2.99. The molecule has 0 spiro atoms. The number of benzene rings is 1. The van der Waals surface area contributed by atoms with Crippen LogP contribution in [0.5, 0.6) is 5.75 Å². The van der Waals surface area contributed by atoms with Gasteiger partial charge in [0.15, 0.2) is 11.6 Å². The third kappa shape index (κ3) is 4.80. The van der Waals surface area contributed by atoms with Gasteiger partial charge in [0.1, 0.15) is 12.4 Å². The molecule has 132 valence electrons. The van der Waals surface area contributed by atoms with Crippen LogP contribution in [0.4, 0.5) is 13.6 Å². The van der Waals surface area contributed by atoms with Gasteiger partial charge in [-0.1, -0.05) is 0 Å². The summed E-state index contributed by atoms with van der Waals surface area (Å²) < 4.78 is 31.1. The lowest BCUT2D eigenvalue weighted by Gasteiger charge is -2.32. The Morgan fingerprint density at radius 3 is 2.58 bits per heavy atom. The van der Waals surface area contributed by atoms with Crippen LogP contribution in [0, 0.1) is 11.6 Å². The summed E-state index contributed by atoms with van der Waals surface area (Å²) in [7, 11) is 0. The van der Waals surface area contributed by atoms with E-state index in [0.29, 0.717) is 6.54 Å². The molecule has 0 atom stereocenters. The number of amides is 2. The van der Waals surface area contributed by atoms with E-state index in [1.807, 2.05) is 0 Å². The maximum Gasteiger partial charge on any atom is 0.315 e. The lowest BCUT2D eigenvalue weighted by Crippen LogP contribution is -2.48. The molecular formula is C17H23F2N3O2. The maximum atomic E-state index is 13.0. The number of halogens is 2. The molecule has 5 nitrogen and oxygen atoms in total. The fraction of sp³-hybridized carbons (Fsp3) is 0.588. The number of hydrogen-bond acceptors (Lipinski definition) is 3. The minimum absolute atomic E-state index is 0.193. The average molecular weight is 339 g/mol. The molecule has 24 heavy (non-hydrogen) atoms. The topological polar surface area (TPSA) is 53.6 Å². The predicted molar refractivity (Wildman–Crippen MR) is 86.0 cm³/mol. The molecule has 7 heteroatoms. The molecule has 1 aromatic rings. The van der Waals surface area contributed by atoms with E-state index >= 15 is 0 Å². The number of carbonyl (C=O) groups excluding carboxylic acids is 1. The Hall–Kier alpha value is -1.89. The largest absolute Gasteiger partial charge is 0.492 e. The number of carbonyl (C=O) groups is 1. The van der Waals surface area contributed by atoms with Gasteiger partial charge in [-0.25, -0.2) is 13.6 Å². The van der Waals surface area contributed by atoms with Gasteiger partial charge >= 0.3 is 6.03 Å². The molecule has 1 saturated carbocycles. The molecule has 2 N–H and O–H groups in total. The first kappa shape index (κ1) is 17.0. The highest BCUT2D eigenvalue weighted by atomic mass is 19.2. The van der Waals surface area contributed by atoms with Crippen LogP contribution < -0.4 is 15.4 Å². The monoisotopic (exact) mass is 339 g/mol. The second kappa shape index (κ2) is 7.79. The number of piperidine rings is 1. The van der Waals surface area contributed by atoms with Crippen molar-refractivity contribution in [2.75, 3.05) is 26.2 Å². The van der Waals surface area contributed by atoms with Crippen LogP contribution >= 0.6 is 0 Å². The zero-order valence-electron chi connectivity index (χ0n) is 13.6. The lowest BCUT2D eigenvalue weighted by atomic mass is 10.1. The first-order valence-electron chi connectivity index (χ1n) is 8.48. The number of nitrogens with zero attached hydrogens (tertiary/aromatic N) is 1. The molecule has 1 saturated heterocycles. The van der Waals surface area contributed by atoms with Crippen LogP contribution in [0.25, 0.3) is 0 Å². The summed E-state index contributed by atoms with van der Waals surface area (Å²) in [5.41, 5.74) is 0. The quantitative estimate of drug-likeness (QED) is 0.782. The molecule has 0 aromatic heterocycles. The minimum atomic E-state index is -0.948. The molecule has 0 bridgehead atoms. The van der Waals surface area contributed by atoms with Gasteiger partial charge in [0.2, 0.25) is 0 Å². The first-order chi connectivity index (χ1) is 11.6. The summed E-state index contributed by atoms with van der Waals surface area (Å²) >= 11 is 0. The van der Waals surface area contributed by atoms with E-state index in [2.05, 4.69) is 15.5 Å². The summed E-state index contributed by atoms with van der Waals surface area (Å²) in [4.78, 5) is 14.4. The van der Waals surface area contributed by atoms with Crippen LogP contribution in [0.3, 0.4) is 0 Å². The van der Waals surface area contributed by atoms with E-state index in [4.69, 9.17) is 4.74 Å². The van der Waals surface area contributed by atoms with Gasteiger partial charge in [0.25, 0.3) is 0 Å². The van der Waals surface area contributed by atoms with E-state index in [1.165, 1.54) is 18.9 Å². The highest BCUT2D eigenvalue weighted by molar-refractivity contribution is 5.74. The lowest BCUT2D eigenvalue weighted by molar-refractivity contribution is 0.185. The summed E-state index contributed by atoms with van der Waals surface area (Å²) in [5, 5.41) is 5.69. The van der Waals surface area contributed by atoms with Crippen molar-refractivity contribution in [1.82, 2.24) is 15.5 Å². The zero-order chi connectivity index (χ0) is 16.9. The normalized spacial score (nSPS) is 19.1. The predicted octanol–water partition coefficient (Wildman–Crippen LogP) is 2.27. The maximum absolute atomic E-state index is 13.0. The fourth-order valence-electron chi connectivity index (χ4n) is 2.99. The second-order valence-electron chi connectivity index (χ2n) is 6.37. The van der Waals surface area contributed by atoms with Crippen molar-refractivity contribution >= 4 is 6.03 Å². The van der Waals surface area contributed by atoms with E-state index in [0.717, 1.165) is 44.1 Å². The second-order valence-corrected chi connectivity index (χ2v) is 6.37. The van der Waals surface area contributed by atoms with Gasteiger partial charge < -0.3 is 20.3 Å². The number of urea groups is 1. The summed E-state index contributed by atoms with van der Waals surface area (Å²) in [5.74, 6) is -1.62. The van der Waals surface area contributed by atoms with Gasteiger partial charge in [-0.15, -0.1) is 0 Å². The molecule has 2 fully saturated rings. The minimum Gasteiger partial charge on any atom is -0.492 e. The van der Waals surface area contributed by atoms with Crippen molar-refractivity contribution in [2.45, 2.75) is 37.8 Å². The first-order valence-corrected chi connectivity index (χ1v) is 8.48. The van der Waals surface area contributed by atoms with Crippen molar-refractivity contribution < 1.29 is 18.3 Å². The van der Waals surface area contributed by atoms with Gasteiger partial charge in [0.05, 0.1) is 6.54 Å². The van der Waals surface area contributed by atoms with Crippen molar-refractivity contribution in [2.24, 2.45) is 0 Å². The van der Waals surface area contributed by atoms with Crippen LogP contribution in [0.15, 0.2) is 18.2 Å². The van der Waals surface area contributed by atoms with E-state index < -0.39 is 11.6 Å². The standard InChI is InChI=1S/C17H23F2N3O2/c18-15-4-3-14(11-16(15)19)24-10-7-20-17(23)21-12-5-8-22(9-6-12)13-1-2-13/h3-4,11-13H,1-2,5-10H2,(H2,20,21,23). The molecule has 1 aromatic carbocycles. The van der Waals surface area contributed by atoms with Gasteiger partial charge in [0, 0.05) is 31.2 Å². The zero-order valence-corrected chi connectivity index (χ0v) is 13.6. The summed E-state index contributed by atoms with van der Waals surface area (Å²) in [6.07, 6.45) is 4.59. The molecular weight excluding hydrogens is 316 g/mol. The van der Waals surface area contributed by atoms with E-state index in [1.54, 1.807) is 0 Å². The van der Waals surface area contributed by atoms with Crippen LogP contribution in [-0.2, 0) is 0 Å². The van der Waals surface area contributed by atoms with Crippen LogP contribution in [0.1, 0.15) is 25.7 Å². The molecule has 2 aliphatic rings. The number of nitrogens with one attached hydrogen (secondary N) is 2. The number of rotatable bonds is 6. The number of ether oxygens (including phenoxy) is 1. The molecule has 0 radical (unpaired) electrons. The van der Waals surface area contributed by atoms with Crippen molar-refractivity contribution in [1.29, 1.82) is 0 Å². The molecule has 3 rings (SSSR count). The Labute approximate surface area is 140 Å². The molecule has 1 heterocycles. The Bertz CT molecular complexity index is 573.